The van der Waals surface area contributed by atoms with Crippen molar-refractivity contribution in [1.82, 2.24) is 9.13 Å². The van der Waals surface area contributed by atoms with Gasteiger partial charge in [-0.15, -0.1) is 0 Å². The summed E-state index contributed by atoms with van der Waals surface area (Å²) in [4.78, 5) is 5.31. The maximum absolute atomic E-state index is 2.65. The van der Waals surface area contributed by atoms with Gasteiger partial charge in [-0.3, -0.25) is 0 Å². The quantitative estimate of drug-likeness (QED) is 0.141. The van der Waals surface area contributed by atoms with Crippen molar-refractivity contribution in [3.63, 3.8) is 0 Å². The van der Waals surface area contributed by atoms with Gasteiger partial charge in [-0.05, 0) is 134 Å². The number of benzene rings is 13. The molecule has 2 aliphatic rings. The summed E-state index contributed by atoms with van der Waals surface area (Å²) in [6.45, 7) is 6.95. The van der Waals surface area contributed by atoms with Crippen LogP contribution in [0.3, 0.4) is 0 Å². The number of rotatable bonds is 8. The second kappa shape index (κ2) is 19.9. The summed E-state index contributed by atoms with van der Waals surface area (Å²) in [7, 11) is 0. The first-order valence-electron chi connectivity index (χ1n) is 30.4. The van der Waals surface area contributed by atoms with Gasteiger partial charge in [0, 0.05) is 66.8 Å². The number of anilines is 6. The van der Waals surface area contributed by atoms with Crippen molar-refractivity contribution in [2.24, 2.45) is 0 Å². The molecule has 0 fully saturated rings. The van der Waals surface area contributed by atoms with Crippen molar-refractivity contribution >= 4 is 101 Å². The standard InChI is InChI=1S/C82H59BN4/c1-82(2,3)60-50-79-81-80(51-60)87(76-49-59(55-26-10-5-11-27-55)41-45-64(76)57-30-14-7-15-31-57)78-53-62(85-73-38-22-18-34-67(73)68-35-19-23-39-74(68)85)43-47-70(78)83(81)69-46-42-61(84-71-36-20-16-32-65(71)66-33-17-21-37-72(66)84)52-77(69)86(79)75-48-58(54-24-8-4-9-25-54)40-44-63(75)56-28-12-6-13-29-56/h4-53H,1-3H3. The summed E-state index contributed by atoms with van der Waals surface area (Å²) in [6.07, 6.45) is 0. The highest BCUT2D eigenvalue weighted by molar-refractivity contribution is 7.00. The van der Waals surface area contributed by atoms with Crippen molar-refractivity contribution < 1.29 is 0 Å². The number of nitrogens with zero attached hydrogens (tertiary/aromatic N) is 4. The Kier molecular flexibility index (Phi) is 11.6. The van der Waals surface area contributed by atoms with Crippen LogP contribution in [0, 0.1) is 0 Å². The van der Waals surface area contributed by atoms with Gasteiger partial charge in [0.15, 0.2) is 0 Å². The van der Waals surface area contributed by atoms with E-state index >= 15 is 0 Å². The van der Waals surface area contributed by atoms with Crippen molar-refractivity contribution in [3.8, 4) is 55.9 Å². The molecule has 0 N–H and O–H groups in total. The lowest BCUT2D eigenvalue weighted by molar-refractivity contribution is 0.590. The lowest BCUT2D eigenvalue weighted by Gasteiger charge is -2.46. The maximum Gasteiger partial charge on any atom is 0.252 e. The molecule has 0 spiro atoms. The van der Waals surface area contributed by atoms with Gasteiger partial charge in [0.2, 0.25) is 0 Å². The van der Waals surface area contributed by atoms with E-state index < -0.39 is 0 Å². The Morgan fingerprint density at radius 2 is 0.598 bits per heavy atom. The van der Waals surface area contributed by atoms with Crippen LogP contribution >= 0.6 is 0 Å². The normalized spacial score (nSPS) is 12.7. The molecule has 87 heavy (non-hydrogen) atoms. The molecule has 2 aliphatic heterocycles. The third kappa shape index (κ3) is 8.07. The van der Waals surface area contributed by atoms with Gasteiger partial charge < -0.3 is 18.9 Å². The van der Waals surface area contributed by atoms with Gasteiger partial charge in [0.25, 0.3) is 6.71 Å². The van der Waals surface area contributed by atoms with Crippen LogP contribution in [0.25, 0.3) is 99.5 Å². The molecule has 17 rings (SSSR count). The molecule has 0 bridgehead atoms. The van der Waals surface area contributed by atoms with Crippen molar-refractivity contribution in [2.75, 3.05) is 9.80 Å². The number of hydrogen-bond acceptors (Lipinski definition) is 2. The van der Waals surface area contributed by atoms with E-state index in [4.69, 9.17) is 0 Å². The highest BCUT2D eigenvalue weighted by Gasteiger charge is 2.45. The number of hydrogen-bond donors (Lipinski definition) is 0. The molecule has 0 atom stereocenters. The van der Waals surface area contributed by atoms with Gasteiger partial charge in [-0.1, -0.05) is 251 Å². The molecule has 0 saturated carbocycles. The van der Waals surface area contributed by atoms with E-state index in [1.807, 2.05) is 0 Å². The molecule has 0 amide bonds. The van der Waals surface area contributed by atoms with Gasteiger partial charge in [-0.2, -0.15) is 0 Å². The summed E-state index contributed by atoms with van der Waals surface area (Å²) in [5, 5.41) is 4.95. The van der Waals surface area contributed by atoms with Gasteiger partial charge >= 0.3 is 0 Å². The number of aromatic nitrogens is 2. The van der Waals surface area contributed by atoms with Crippen LogP contribution in [0.15, 0.2) is 303 Å². The fourth-order valence-corrected chi connectivity index (χ4v) is 14.4. The molecular formula is C82H59BN4. The zero-order valence-corrected chi connectivity index (χ0v) is 48.7. The summed E-state index contributed by atoms with van der Waals surface area (Å²) < 4.78 is 4.96. The van der Waals surface area contributed by atoms with Crippen LogP contribution < -0.4 is 26.2 Å². The molecule has 2 aromatic heterocycles. The van der Waals surface area contributed by atoms with Crippen LogP contribution in [0.5, 0.6) is 0 Å². The van der Waals surface area contributed by atoms with Crippen LogP contribution in [0.2, 0.25) is 0 Å². The summed E-state index contributed by atoms with van der Waals surface area (Å²) in [5.74, 6) is 0. The zero-order chi connectivity index (χ0) is 57.9. The molecule has 0 unspecified atom stereocenters. The minimum Gasteiger partial charge on any atom is -0.311 e. The molecular weight excluding hydrogens is 1050 g/mol. The fraction of sp³-hybridized carbons (Fsp3) is 0.0488. The van der Waals surface area contributed by atoms with Crippen LogP contribution in [-0.2, 0) is 5.41 Å². The Bertz CT molecular complexity index is 4790. The molecule has 410 valence electrons. The van der Waals surface area contributed by atoms with Crippen molar-refractivity contribution in [1.29, 1.82) is 0 Å². The molecule has 15 aromatic rings. The van der Waals surface area contributed by atoms with E-state index in [0.717, 1.165) is 67.5 Å². The highest BCUT2D eigenvalue weighted by Crippen LogP contribution is 2.52. The Morgan fingerprint density at radius 1 is 0.264 bits per heavy atom. The monoisotopic (exact) mass is 1110 g/mol. The van der Waals surface area contributed by atoms with Crippen LogP contribution in [-0.4, -0.2) is 15.8 Å². The second-order valence-electron chi connectivity index (χ2n) is 24.4. The van der Waals surface area contributed by atoms with Gasteiger partial charge in [0.05, 0.1) is 33.4 Å². The first kappa shape index (κ1) is 50.6. The van der Waals surface area contributed by atoms with Gasteiger partial charge in [0.1, 0.15) is 0 Å². The minimum absolute atomic E-state index is 0.170. The molecule has 13 aromatic carbocycles. The minimum atomic E-state index is -0.267. The summed E-state index contributed by atoms with van der Waals surface area (Å²) in [5.41, 5.74) is 27.8. The SMILES string of the molecule is CC(C)(C)c1cc2c3c(c1)N(c1cc(-c4ccccc4)ccc1-c1ccccc1)c1cc(-n4c5ccccc5c5ccccc54)ccc1B3c1ccc(-n3c4ccccc4c4ccccc43)cc1N2c1cc(-c2ccccc2)ccc1-c1ccccc1. The van der Waals surface area contributed by atoms with Crippen molar-refractivity contribution in [3.05, 3.63) is 309 Å². The lowest BCUT2D eigenvalue weighted by Crippen LogP contribution is -2.61. The second-order valence-corrected chi connectivity index (χ2v) is 24.4. The Morgan fingerprint density at radius 3 is 0.954 bits per heavy atom. The Hall–Kier alpha value is -10.9. The van der Waals surface area contributed by atoms with Crippen molar-refractivity contribution in [2.45, 2.75) is 26.2 Å². The molecule has 0 aliphatic carbocycles. The zero-order valence-electron chi connectivity index (χ0n) is 48.7. The first-order chi connectivity index (χ1) is 42.8. The predicted octanol–water partition coefficient (Wildman–Crippen LogP) is 19.9. The molecule has 0 radical (unpaired) electrons. The third-order valence-corrected chi connectivity index (χ3v) is 18.4. The van der Waals surface area contributed by atoms with E-state index in [1.54, 1.807) is 0 Å². The van der Waals surface area contributed by atoms with E-state index in [0.29, 0.717) is 0 Å². The topological polar surface area (TPSA) is 16.3 Å². The third-order valence-electron chi connectivity index (χ3n) is 18.4. The van der Waals surface area contributed by atoms with Crippen LogP contribution in [0.4, 0.5) is 34.1 Å². The smallest absolute Gasteiger partial charge is 0.252 e. The van der Waals surface area contributed by atoms with Crippen LogP contribution in [0.1, 0.15) is 26.3 Å². The molecule has 4 nitrogen and oxygen atoms in total. The number of fused-ring (bicyclic) bond motifs is 10. The lowest BCUT2D eigenvalue weighted by atomic mass is 9.33. The summed E-state index contributed by atoms with van der Waals surface area (Å²) in [6, 6.07) is 113. The van der Waals surface area contributed by atoms with E-state index in [9.17, 15) is 0 Å². The molecule has 5 heteroatoms. The average Bonchev–Trinajstić information content (AvgIpc) is 1.22. The number of para-hydroxylation sites is 4. The highest BCUT2D eigenvalue weighted by atomic mass is 15.2. The Balaban J connectivity index is 1.03. The maximum atomic E-state index is 2.65. The Labute approximate surface area is 507 Å². The van der Waals surface area contributed by atoms with E-state index in [-0.39, 0.29) is 12.1 Å². The average molecular weight is 1110 g/mol. The largest absolute Gasteiger partial charge is 0.311 e. The predicted molar refractivity (Wildman–Crippen MR) is 370 cm³/mol. The summed E-state index contributed by atoms with van der Waals surface area (Å²) >= 11 is 0. The first-order valence-corrected chi connectivity index (χ1v) is 30.4. The molecule has 0 saturated heterocycles. The molecule has 4 heterocycles. The van der Waals surface area contributed by atoms with Gasteiger partial charge in [-0.25, -0.2) is 0 Å². The van der Waals surface area contributed by atoms with E-state index in [1.165, 1.54) is 88.1 Å². The fourth-order valence-electron chi connectivity index (χ4n) is 14.4. The van der Waals surface area contributed by atoms with E-state index in [2.05, 4.69) is 343 Å².